The smallest absolute Gasteiger partial charge is 0.255 e. The van der Waals surface area contributed by atoms with Crippen molar-refractivity contribution in [3.05, 3.63) is 70.0 Å². The van der Waals surface area contributed by atoms with Gasteiger partial charge in [0.15, 0.2) is 5.15 Å². The lowest BCUT2D eigenvalue weighted by molar-refractivity contribution is 0.0965. The SMILES string of the molecule is C=N/C(C)=C(\C=C(/C)NC(=O)c1ccnc(C(C)(C)F)c1)c1cnc(Cl)c(N2CCOCC2)c1. The number of ether oxygens (including phenoxy) is 1. The number of rotatable bonds is 7. The van der Waals surface area contributed by atoms with Gasteiger partial charge in [0.2, 0.25) is 0 Å². The molecule has 0 atom stereocenters. The molecule has 1 fully saturated rings. The lowest BCUT2D eigenvalue weighted by Crippen LogP contribution is -2.36. The van der Waals surface area contributed by atoms with E-state index in [1.54, 1.807) is 25.3 Å². The van der Waals surface area contributed by atoms with Crippen LogP contribution in [0.5, 0.6) is 0 Å². The van der Waals surface area contributed by atoms with Gasteiger partial charge in [-0.15, -0.1) is 0 Å². The highest BCUT2D eigenvalue weighted by Crippen LogP contribution is 2.30. The number of amides is 1. The van der Waals surface area contributed by atoms with E-state index < -0.39 is 5.67 Å². The Morgan fingerprint density at radius 1 is 1.26 bits per heavy atom. The van der Waals surface area contributed by atoms with Gasteiger partial charge in [-0.2, -0.15) is 0 Å². The van der Waals surface area contributed by atoms with Gasteiger partial charge in [-0.05, 0) is 58.7 Å². The largest absolute Gasteiger partial charge is 0.378 e. The zero-order chi connectivity index (χ0) is 24.9. The molecule has 0 spiro atoms. The van der Waals surface area contributed by atoms with Crippen LogP contribution in [0.1, 0.15) is 49.3 Å². The van der Waals surface area contributed by atoms with Gasteiger partial charge in [0.1, 0.15) is 5.67 Å². The molecule has 0 aromatic carbocycles. The van der Waals surface area contributed by atoms with Crippen molar-refractivity contribution in [2.24, 2.45) is 4.99 Å². The molecule has 1 amide bonds. The monoisotopic (exact) mass is 485 g/mol. The number of hydrogen-bond donors (Lipinski definition) is 1. The van der Waals surface area contributed by atoms with Gasteiger partial charge in [0.05, 0.1) is 24.6 Å². The minimum atomic E-state index is -1.65. The summed E-state index contributed by atoms with van der Waals surface area (Å²) in [6.07, 6.45) is 4.89. The molecule has 1 aliphatic heterocycles. The molecule has 1 N–H and O–H groups in total. The molecular weight excluding hydrogens is 457 g/mol. The van der Waals surface area contributed by atoms with Crippen molar-refractivity contribution in [1.82, 2.24) is 15.3 Å². The second-order valence-electron chi connectivity index (χ2n) is 8.47. The molecule has 180 valence electrons. The maximum atomic E-state index is 14.3. The van der Waals surface area contributed by atoms with Crippen molar-refractivity contribution in [3.63, 3.8) is 0 Å². The first-order chi connectivity index (χ1) is 16.1. The van der Waals surface area contributed by atoms with E-state index in [0.717, 1.165) is 29.9 Å². The third-order valence-corrected chi connectivity index (χ3v) is 5.70. The number of hydrogen-bond acceptors (Lipinski definition) is 6. The predicted octanol–water partition coefficient (Wildman–Crippen LogP) is 4.94. The highest BCUT2D eigenvalue weighted by Gasteiger charge is 2.22. The third kappa shape index (κ3) is 6.27. The summed E-state index contributed by atoms with van der Waals surface area (Å²) >= 11 is 6.39. The van der Waals surface area contributed by atoms with Crippen LogP contribution in [-0.2, 0) is 10.4 Å². The zero-order valence-corrected chi connectivity index (χ0v) is 20.6. The summed E-state index contributed by atoms with van der Waals surface area (Å²) in [7, 11) is 0. The van der Waals surface area contributed by atoms with Crippen molar-refractivity contribution in [1.29, 1.82) is 0 Å². The van der Waals surface area contributed by atoms with Crippen molar-refractivity contribution < 1.29 is 13.9 Å². The zero-order valence-electron chi connectivity index (χ0n) is 19.9. The Labute approximate surface area is 204 Å². The second-order valence-corrected chi connectivity index (χ2v) is 8.83. The number of nitrogens with one attached hydrogen (secondary N) is 1. The van der Waals surface area contributed by atoms with Gasteiger partial charge >= 0.3 is 0 Å². The van der Waals surface area contributed by atoms with Gasteiger partial charge in [-0.3, -0.25) is 14.8 Å². The Morgan fingerprint density at radius 2 is 1.97 bits per heavy atom. The van der Waals surface area contributed by atoms with Crippen molar-refractivity contribution in [2.75, 3.05) is 31.2 Å². The topological polar surface area (TPSA) is 79.7 Å². The number of carbonyl (C=O) groups excluding carboxylic acids is 1. The Morgan fingerprint density at radius 3 is 2.62 bits per heavy atom. The summed E-state index contributed by atoms with van der Waals surface area (Å²) < 4.78 is 19.7. The summed E-state index contributed by atoms with van der Waals surface area (Å²) in [5.41, 5.74) is 2.43. The number of morpholine rings is 1. The molecule has 7 nitrogen and oxygen atoms in total. The summed E-state index contributed by atoms with van der Waals surface area (Å²) in [5, 5.41) is 3.26. The molecule has 0 radical (unpaired) electrons. The molecule has 2 aromatic heterocycles. The molecule has 1 aliphatic rings. The number of carbonyl (C=O) groups is 1. The van der Waals surface area contributed by atoms with Crippen LogP contribution in [0, 0.1) is 0 Å². The average molecular weight is 486 g/mol. The molecule has 0 saturated carbocycles. The first-order valence-corrected chi connectivity index (χ1v) is 11.3. The van der Waals surface area contributed by atoms with E-state index in [1.807, 2.05) is 13.0 Å². The first-order valence-electron chi connectivity index (χ1n) is 10.9. The van der Waals surface area contributed by atoms with E-state index >= 15 is 0 Å². The van der Waals surface area contributed by atoms with Gasteiger partial charge in [-0.1, -0.05) is 11.6 Å². The predicted molar refractivity (Wildman–Crippen MR) is 134 cm³/mol. The van der Waals surface area contributed by atoms with E-state index in [1.165, 1.54) is 26.1 Å². The van der Waals surface area contributed by atoms with Crippen LogP contribution in [0.4, 0.5) is 10.1 Å². The number of anilines is 1. The Hall–Kier alpha value is -3.10. The lowest BCUT2D eigenvalue weighted by atomic mass is 10.0. The fourth-order valence-electron chi connectivity index (χ4n) is 3.49. The summed E-state index contributed by atoms with van der Waals surface area (Å²) in [4.78, 5) is 27.4. The first kappa shape index (κ1) is 25.5. The van der Waals surface area contributed by atoms with Crippen molar-refractivity contribution in [3.8, 4) is 0 Å². The maximum Gasteiger partial charge on any atom is 0.255 e. The van der Waals surface area contributed by atoms with E-state index in [-0.39, 0.29) is 11.6 Å². The van der Waals surface area contributed by atoms with Gasteiger partial charge < -0.3 is 15.0 Å². The summed E-state index contributed by atoms with van der Waals surface area (Å²) in [6, 6.07) is 4.95. The maximum absolute atomic E-state index is 14.3. The van der Waals surface area contributed by atoms with Crippen LogP contribution >= 0.6 is 11.6 Å². The lowest BCUT2D eigenvalue weighted by Gasteiger charge is -2.29. The van der Waals surface area contributed by atoms with E-state index in [9.17, 15) is 9.18 Å². The molecular formula is C25H29ClFN5O2. The summed E-state index contributed by atoms with van der Waals surface area (Å²) in [6.45, 7) is 12.7. The third-order valence-electron chi connectivity index (χ3n) is 5.41. The Kier molecular flexibility index (Phi) is 8.17. The number of alkyl halides is 1. The fraction of sp³-hybridized carbons (Fsp3) is 0.360. The van der Waals surface area contributed by atoms with Gasteiger partial charge in [0.25, 0.3) is 5.91 Å². The van der Waals surface area contributed by atoms with Crippen LogP contribution in [-0.4, -0.2) is 48.9 Å². The highest BCUT2D eigenvalue weighted by atomic mass is 35.5. The molecule has 2 aromatic rings. The number of pyridine rings is 2. The molecule has 1 saturated heterocycles. The van der Waals surface area contributed by atoms with Crippen molar-refractivity contribution >= 4 is 35.5 Å². The van der Waals surface area contributed by atoms with Gasteiger partial charge in [-0.25, -0.2) is 9.37 Å². The molecule has 0 aliphatic carbocycles. The Bertz CT molecular complexity index is 1130. The van der Waals surface area contributed by atoms with E-state index in [0.29, 0.717) is 35.3 Å². The van der Waals surface area contributed by atoms with Crippen LogP contribution in [0.15, 0.2) is 53.1 Å². The van der Waals surface area contributed by atoms with Crippen LogP contribution in [0.3, 0.4) is 0 Å². The van der Waals surface area contributed by atoms with Crippen LogP contribution < -0.4 is 10.2 Å². The normalized spacial score (nSPS) is 15.6. The molecule has 3 heterocycles. The average Bonchev–Trinajstić information content (AvgIpc) is 2.82. The molecule has 0 bridgehead atoms. The van der Waals surface area contributed by atoms with Crippen LogP contribution in [0.25, 0.3) is 5.57 Å². The molecule has 0 unspecified atom stereocenters. The molecule has 3 rings (SSSR count). The highest BCUT2D eigenvalue weighted by molar-refractivity contribution is 6.32. The van der Waals surface area contributed by atoms with Crippen molar-refractivity contribution in [2.45, 2.75) is 33.4 Å². The molecule has 34 heavy (non-hydrogen) atoms. The minimum Gasteiger partial charge on any atom is -0.378 e. The van der Waals surface area contributed by atoms with Crippen LogP contribution in [0.2, 0.25) is 5.15 Å². The van der Waals surface area contributed by atoms with Gasteiger partial charge in [0, 0.05) is 53.6 Å². The number of aromatic nitrogens is 2. The minimum absolute atomic E-state index is 0.192. The summed E-state index contributed by atoms with van der Waals surface area (Å²) in [5.74, 6) is -0.367. The Balaban J connectivity index is 1.89. The van der Waals surface area contributed by atoms with E-state index in [4.69, 9.17) is 16.3 Å². The standard InChI is InChI=1S/C25H29ClFN5O2/c1-16(31-24(33)18-6-7-29-22(14-18)25(3,4)27)12-20(17(2)28-5)19-13-21(23(26)30-15-19)32-8-10-34-11-9-32/h6-7,12-15H,5,8-11H2,1-4H3,(H,31,33)/b16-12+,20-17+. The fourth-order valence-corrected chi connectivity index (χ4v) is 3.72. The number of aliphatic imine (C=N–C) groups is 1. The number of halogens is 2. The molecule has 9 heteroatoms. The number of nitrogens with zero attached hydrogens (tertiary/aromatic N) is 4. The second kappa shape index (κ2) is 10.9. The van der Waals surface area contributed by atoms with E-state index in [2.05, 4.69) is 31.9 Å². The quantitative estimate of drug-likeness (QED) is 0.341. The number of allylic oxidation sites excluding steroid dienone is 4.